The molecular formula is C23H30N4O3S. The van der Waals surface area contributed by atoms with Crippen molar-refractivity contribution in [1.29, 1.82) is 5.26 Å². The number of carbonyl (C=O) groups is 2. The van der Waals surface area contributed by atoms with Gasteiger partial charge in [-0.1, -0.05) is 13.0 Å². The molecule has 0 saturated carbocycles. The fourth-order valence-electron chi connectivity index (χ4n) is 3.06. The number of aromatic nitrogens is 1. The Morgan fingerprint density at radius 2 is 2.10 bits per heavy atom. The van der Waals surface area contributed by atoms with Gasteiger partial charge in [0.1, 0.15) is 11.6 Å². The Labute approximate surface area is 187 Å². The summed E-state index contributed by atoms with van der Waals surface area (Å²) in [5.74, 6) is 0.350. The number of benzene rings is 1. The first-order valence-electron chi connectivity index (χ1n) is 10.5. The van der Waals surface area contributed by atoms with Crippen molar-refractivity contribution in [3.8, 4) is 6.07 Å². The van der Waals surface area contributed by atoms with E-state index in [9.17, 15) is 9.59 Å². The van der Waals surface area contributed by atoms with Gasteiger partial charge in [-0.3, -0.25) is 4.79 Å². The molecule has 0 spiro atoms. The Morgan fingerprint density at radius 1 is 1.29 bits per heavy atom. The highest BCUT2D eigenvalue weighted by molar-refractivity contribution is 8.00. The monoisotopic (exact) mass is 442 g/mol. The van der Waals surface area contributed by atoms with Crippen LogP contribution in [0.3, 0.4) is 0 Å². The molecule has 166 valence electrons. The number of nitrogens with one attached hydrogen (secondary N) is 2. The molecule has 1 aliphatic heterocycles. The van der Waals surface area contributed by atoms with Gasteiger partial charge in [0, 0.05) is 42.8 Å². The molecule has 8 heteroatoms. The molecule has 1 saturated heterocycles. The van der Waals surface area contributed by atoms with Crippen LogP contribution in [0.25, 0.3) is 10.9 Å². The number of aromatic amines is 1. The SMILES string of the molecule is CCCNc1ccc2cc[nH]c2c1.CCOC(=O)C(C#N)=C1CSCC(=O)N(CC)C1. The van der Waals surface area contributed by atoms with Crippen LogP contribution in [-0.4, -0.2) is 59.5 Å². The van der Waals surface area contributed by atoms with E-state index in [0.717, 1.165) is 13.0 Å². The number of anilines is 1. The maximum Gasteiger partial charge on any atom is 0.348 e. The molecule has 7 nitrogen and oxygen atoms in total. The number of H-pyrrole nitrogens is 1. The van der Waals surface area contributed by atoms with Gasteiger partial charge in [0.15, 0.2) is 0 Å². The molecule has 1 amide bonds. The van der Waals surface area contributed by atoms with Gasteiger partial charge in [0.05, 0.1) is 12.4 Å². The lowest BCUT2D eigenvalue weighted by molar-refractivity contribution is -0.138. The largest absolute Gasteiger partial charge is 0.462 e. The molecule has 2 aromatic rings. The predicted molar refractivity (Wildman–Crippen MR) is 126 cm³/mol. The number of likely N-dealkylation sites (N-methyl/N-ethyl adjacent to an activating group) is 1. The van der Waals surface area contributed by atoms with Crippen LogP contribution in [0.15, 0.2) is 41.6 Å². The van der Waals surface area contributed by atoms with Gasteiger partial charge >= 0.3 is 5.97 Å². The lowest BCUT2D eigenvalue weighted by Crippen LogP contribution is -2.32. The van der Waals surface area contributed by atoms with Gasteiger partial charge in [-0.25, -0.2) is 4.79 Å². The Morgan fingerprint density at radius 3 is 2.77 bits per heavy atom. The van der Waals surface area contributed by atoms with Gasteiger partial charge < -0.3 is 19.9 Å². The van der Waals surface area contributed by atoms with E-state index in [0.29, 0.717) is 30.2 Å². The van der Waals surface area contributed by atoms with Crippen molar-refractivity contribution in [3.63, 3.8) is 0 Å². The zero-order valence-corrected chi connectivity index (χ0v) is 19.2. The van der Waals surface area contributed by atoms with Crippen molar-refractivity contribution in [1.82, 2.24) is 9.88 Å². The number of hydrogen-bond acceptors (Lipinski definition) is 6. The second-order valence-electron chi connectivity index (χ2n) is 6.92. The number of amides is 1. The quantitative estimate of drug-likeness (QED) is 0.399. The minimum atomic E-state index is -0.596. The summed E-state index contributed by atoms with van der Waals surface area (Å²) in [5.41, 5.74) is 3.10. The second-order valence-corrected chi connectivity index (χ2v) is 7.90. The van der Waals surface area contributed by atoms with Crippen LogP contribution in [0.5, 0.6) is 0 Å². The number of carbonyl (C=O) groups excluding carboxylic acids is 2. The van der Waals surface area contributed by atoms with E-state index < -0.39 is 5.97 Å². The number of nitrogens with zero attached hydrogens (tertiary/aromatic N) is 2. The number of rotatable bonds is 6. The van der Waals surface area contributed by atoms with Crippen molar-refractivity contribution in [2.75, 3.05) is 43.1 Å². The predicted octanol–water partition coefficient (Wildman–Crippen LogP) is 3.95. The molecule has 0 radical (unpaired) electrons. The summed E-state index contributed by atoms with van der Waals surface area (Å²) < 4.78 is 4.85. The molecule has 1 fully saturated rings. The molecule has 0 unspecified atom stereocenters. The molecule has 2 heterocycles. The van der Waals surface area contributed by atoms with Crippen LogP contribution >= 0.6 is 11.8 Å². The van der Waals surface area contributed by atoms with Crippen LogP contribution in [0, 0.1) is 11.3 Å². The van der Waals surface area contributed by atoms with Crippen LogP contribution < -0.4 is 5.32 Å². The van der Waals surface area contributed by atoms with Crippen molar-refractivity contribution in [3.05, 3.63) is 41.6 Å². The van der Waals surface area contributed by atoms with Crippen LogP contribution in [0.2, 0.25) is 0 Å². The number of hydrogen-bond donors (Lipinski definition) is 2. The summed E-state index contributed by atoms with van der Waals surface area (Å²) >= 11 is 1.42. The third kappa shape index (κ3) is 7.07. The molecule has 3 rings (SSSR count). The van der Waals surface area contributed by atoms with Crippen LogP contribution in [0.1, 0.15) is 27.2 Å². The van der Waals surface area contributed by atoms with Crippen molar-refractivity contribution in [2.45, 2.75) is 27.2 Å². The van der Waals surface area contributed by atoms with Gasteiger partial charge in [0.2, 0.25) is 5.91 Å². The van der Waals surface area contributed by atoms with E-state index in [2.05, 4.69) is 41.5 Å². The Bertz CT molecular complexity index is 961. The topological polar surface area (TPSA) is 98.2 Å². The maximum absolute atomic E-state index is 11.7. The zero-order chi connectivity index (χ0) is 22.6. The van der Waals surface area contributed by atoms with E-state index in [-0.39, 0.29) is 18.1 Å². The fraction of sp³-hybridized carbons (Fsp3) is 0.435. The normalized spacial score (nSPS) is 15.4. The van der Waals surface area contributed by atoms with E-state index in [1.54, 1.807) is 11.8 Å². The Hall–Kier alpha value is -2.92. The fourth-order valence-corrected chi connectivity index (χ4v) is 4.00. The highest BCUT2D eigenvalue weighted by Gasteiger charge is 2.23. The zero-order valence-electron chi connectivity index (χ0n) is 18.4. The summed E-state index contributed by atoms with van der Waals surface area (Å²) in [6, 6.07) is 10.4. The molecule has 31 heavy (non-hydrogen) atoms. The highest BCUT2D eigenvalue weighted by atomic mass is 32.2. The Kier molecular flexibility index (Phi) is 9.98. The summed E-state index contributed by atoms with van der Waals surface area (Å²) in [4.78, 5) is 28.2. The lowest BCUT2D eigenvalue weighted by Gasteiger charge is -2.19. The summed E-state index contributed by atoms with van der Waals surface area (Å²) in [5, 5.41) is 13.7. The first kappa shape index (κ1) is 24.4. The second kappa shape index (κ2) is 12.7. The first-order chi connectivity index (χ1) is 15.0. The Balaban J connectivity index is 0.000000231. The van der Waals surface area contributed by atoms with Gasteiger partial charge in [-0.15, -0.1) is 11.8 Å². The number of fused-ring (bicyclic) bond motifs is 1. The third-order valence-electron chi connectivity index (χ3n) is 4.70. The minimum Gasteiger partial charge on any atom is -0.462 e. The molecule has 1 aliphatic rings. The summed E-state index contributed by atoms with van der Waals surface area (Å²) in [6.07, 6.45) is 3.12. The molecule has 2 N–H and O–H groups in total. The minimum absolute atomic E-state index is 0.0394. The molecule has 0 atom stereocenters. The number of thioether (sulfide) groups is 1. The summed E-state index contributed by atoms with van der Waals surface area (Å²) in [7, 11) is 0. The number of ether oxygens (including phenoxy) is 1. The van der Waals surface area contributed by atoms with E-state index >= 15 is 0 Å². The van der Waals surface area contributed by atoms with E-state index in [4.69, 9.17) is 10.00 Å². The van der Waals surface area contributed by atoms with E-state index in [1.165, 1.54) is 28.4 Å². The molecule has 1 aromatic heterocycles. The third-order valence-corrected chi connectivity index (χ3v) is 5.70. The number of esters is 1. The lowest BCUT2D eigenvalue weighted by atomic mass is 10.1. The molecule has 1 aromatic carbocycles. The van der Waals surface area contributed by atoms with Gasteiger partial charge in [0.25, 0.3) is 0 Å². The average molecular weight is 443 g/mol. The van der Waals surface area contributed by atoms with Crippen molar-refractivity contribution < 1.29 is 14.3 Å². The summed E-state index contributed by atoms with van der Waals surface area (Å²) in [6.45, 7) is 7.92. The first-order valence-corrected chi connectivity index (χ1v) is 11.6. The highest BCUT2D eigenvalue weighted by Crippen LogP contribution is 2.20. The smallest absolute Gasteiger partial charge is 0.348 e. The number of nitriles is 1. The molecule has 0 bridgehead atoms. The maximum atomic E-state index is 11.7. The van der Waals surface area contributed by atoms with Crippen molar-refractivity contribution >= 4 is 40.2 Å². The van der Waals surface area contributed by atoms with Gasteiger partial charge in [-0.2, -0.15) is 5.26 Å². The average Bonchev–Trinajstić information content (AvgIpc) is 3.16. The van der Waals surface area contributed by atoms with Crippen LogP contribution in [-0.2, 0) is 14.3 Å². The van der Waals surface area contributed by atoms with Crippen molar-refractivity contribution in [2.24, 2.45) is 0 Å². The van der Waals surface area contributed by atoms with Gasteiger partial charge in [-0.05, 0) is 49.4 Å². The van der Waals surface area contributed by atoms with E-state index in [1.807, 2.05) is 19.2 Å². The molecule has 0 aliphatic carbocycles. The molecular weight excluding hydrogens is 412 g/mol. The van der Waals surface area contributed by atoms with Crippen LogP contribution in [0.4, 0.5) is 5.69 Å². The standard InChI is InChI=1S/C12H16N2O3S.C11H14N2/c1-3-14-6-9(7-18-8-11(14)15)10(5-13)12(16)17-4-2;1-2-6-12-10-4-3-9-5-7-13-11(9)8-10/h3-4,6-8H2,1-2H3;3-5,7-8,12-13H,2,6H2,1H3.